The summed E-state index contributed by atoms with van der Waals surface area (Å²) >= 11 is 0. The summed E-state index contributed by atoms with van der Waals surface area (Å²) in [5, 5.41) is 66.6. The number of hydrogen-bond acceptors (Lipinski definition) is 7. The molecule has 0 spiro atoms. The standard InChI is InChI=1S/C30H50O7/c1-15(13-17(31)25(36)27(4,5)37)16-9-12-29(7)21(16)22(34)23(35)24-28(6)11-10-19(32)26(2,3)18(28)14-20(33)30(24,29)8/h15,17-18,20,22-25,31,33-37H,9-14H2,1-8H3/t15-,17+,18+,20-,22-,23+,24+,25-,28+,29+,30+/m1/s1. The van der Waals surface area contributed by atoms with Crippen LogP contribution in [0.3, 0.4) is 0 Å². The van der Waals surface area contributed by atoms with Crippen LogP contribution in [0.15, 0.2) is 11.1 Å². The third-order valence-electron chi connectivity index (χ3n) is 12.0. The third-order valence-corrected chi connectivity index (χ3v) is 12.0. The molecule has 3 fully saturated rings. The number of hydrogen-bond donors (Lipinski definition) is 6. The minimum Gasteiger partial charge on any atom is -0.393 e. The Labute approximate surface area is 222 Å². The number of carbonyl (C=O) groups excluding carboxylic acids is 1. The fourth-order valence-electron chi connectivity index (χ4n) is 9.70. The molecule has 0 aromatic carbocycles. The Bertz CT molecular complexity index is 965. The number of carbonyl (C=O) groups is 1. The van der Waals surface area contributed by atoms with E-state index < -0.39 is 57.8 Å². The van der Waals surface area contributed by atoms with Gasteiger partial charge >= 0.3 is 0 Å². The second-order valence-electron chi connectivity index (χ2n) is 14.7. The first-order chi connectivity index (χ1) is 16.8. The largest absolute Gasteiger partial charge is 0.393 e. The number of ketones is 1. The van der Waals surface area contributed by atoms with Crippen molar-refractivity contribution >= 4 is 5.78 Å². The average Bonchev–Trinajstić information content (AvgIpc) is 3.15. The second-order valence-corrected chi connectivity index (χ2v) is 14.7. The fraction of sp³-hybridized carbons (Fsp3) is 0.900. The molecule has 4 aliphatic carbocycles. The minimum atomic E-state index is -1.45. The average molecular weight is 523 g/mol. The molecule has 6 N–H and O–H groups in total. The summed E-state index contributed by atoms with van der Waals surface area (Å²) < 4.78 is 0. The summed E-state index contributed by atoms with van der Waals surface area (Å²) in [6.07, 6.45) is -2.27. The Hall–Kier alpha value is -0.830. The van der Waals surface area contributed by atoms with Gasteiger partial charge in [0.05, 0.1) is 23.9 Å². The Balaban J connectivity index is 1.77. The topological polar surface area (TPSA) is 138 Å². The zero-order valence-electron chi connectivity index (χ0n) is 24.0. The number of aliphatic hydroxyl groups excluding tert-OH is 5. The first kappa shape index (κ1) is 29.2. The molecule has 0 amide bonds. The molecule has 0 radical (unpaired) electrons. The van der Waals surface area contributed by atoms with Crippen molar-refractivity contribution in [3.63, 3.8) is 0 Å². The Morgan fingerprint density at radius 2 is 1.59 bits per heavy atom. The number of Topliss-reactive ketones (excluding diaryl/α,β-unsaturated/α-hetero) is 1. The summed E-state index contributed by atoms with van der Waals surface area (Å²) in [5.41, 5.74) is -2.02. The summed E-state index contributed by atoms with van der Waals surface area (Å²) in [6.45, 7) is 15.1. The van der Waals surface area contributed by atoms with Crippen LogP contribution in [0.4, 0.5) is 0 Å². The van der Waals surface area contributed by atoms with Crippen molar-refractivity contribution in [2.75, 3.05) is 0 Å². The van der Waals surface area contributed by atoms with Gasteiger partial charge in [-0.3, -0.25) is 4.79 Å². The van der Waals surface area contributed by atoms with E-state index in [0.717, 1.165) is 11.1 Å². The molecule has 4 aliphatic rings. The summed E-state index contributed by atoms with van der Waals surface area (Å²) in [7, 11) is 0. The molecule has 0 aliphatic heterocycles. The van der Waals surface area contributed by atoms with Gasteiger partial charge in [0.25, 0.3) is 0 Å². The van der Waals surface area contributed by atoms with Gasteiger partial charge in [0.2, 0.25) is 0 Å². The van der Waals surface area contributed by atoms with E-state index in [9.17, 15) is 35.4 Å². The Morgan fingerprint density at radius 3 is 2.16 bits per heavy atom. The van der Waals surface area contributed by atoms with Crippen LogP contribution >= 0.6 is 0 Å². The molecule has 0 heterocycles. The van der Waals surface area contributed by atoms with Gasteiger partial charge in [-0.05, 0) is 74.2 Å². The summed E-state index contributed by atoms with van der Waals surface area (Å²) in [5.74, 6) is -0.473. The van der Waals surface area contributed by atoms with Crippen LogP contribution in [0.25, 0.3) is 0 Å². The van der Waals surface area contributed by atoms with E-state index in [2.05, 4.69) is 20.8 Å². The van der Waals surface area contributed by atoms with Crippen LogP contribution in [-0.4, -0.2) is 72.5 Å². The molecule has 37 heavy (non-hydrogen) atoms. The van der Waals surface area contributed by atoms with Crippen molar-refractivity contribution in [3.05, 3.63) is 11.1 Å². The van der Waals surface area contributed by atoms with E-state index in [1.165, 1.54) is 13.8 Å². The smallest absolute Gasteiger partial charge is 0.138 e. The quantitative estimate of drug-likeness (QED) is 0.305. The highest BCUT2D eigenvalue weighted by atomic mass is 16.4. The van der Waals surface area contributed by atoms with Gasteiger partial charge in [0, 0.05) is 23.2 Å². The zero-order chi connectivity index (χ0) is 28.1. The van der Waals surface area contributed by atoms with Crippen molar-refractivity contribution < 1.29 is 35.4 Å². The minimum absolute atomic E-state index is 0.0939. The van der Waals surface area contributed by atoms with Crippen molar-refractivity contribution in [1.82, 2.24) is 0 Å². The maximum atomic E-state index is 12.9. The van der Waals surface area contributed by atoms with Crippen LogP contribution < -0.4 is 0 Å². The molecule has 0 unspecified atom stereocenters. The predicted octanol–water partition coefficient (Wildman–Crippen LogP) is 2.74. The number of rotatable bonds is 5. The third kappa shape index (κ3) is 3.86. The maximum Gasteiger partial charge on any atom is 0.138 e. The molecule has 0 aromatic rings. The van der Waals surface area contributed by atoms with Crippen LogP contribution in [0.5, 0.6) is 0 Å². The van der Waals surface area contributed by atoms with Gasteiger partial charge in [-0.25, -0.2) is 0 Å². The lowest BCUT2D eigenvalue weighted by molar-refractivity contribution is -0.263. The second kappa shape index (κ2) is 8.84. The normalized spacial score (nSPS) is 46.1. The van der Waals surface area contributed by atoms with E-state index >= 15 is 0 Å². The van der Waals surface area contributed by atoms with Crippen LogP contribution in [0.1, 0.15) is 93.9 Å². The summed E-state index contributed by atoms with van der Waals surface area (Å²) in [4.78, 5) is 12.9. The van der Waals surface area contributed by atoms with Crippen LogP contribution in [-0.2, 0) is 4.79 Å². The van der Waals surface area contributed by atoms with E-state index in [1.807, 2.05) is 20.8 Å². The van der Waals surface area contributed by atoms with E-state index in [-0.39, 0.29) is 30.0 Å². The fourth-order valence-corrected chi connectivity index (χ4v) is 9.70. The molecule has 11 atom stereocenters. The van der Waals surface area contributed by atoms with Crippen LogP contribution in [0.2, 0.25) is 0 Å². The molecular weight excluding hydrogens is 472 g/mol. The molecule has 7 nitrogen and oxygen atoms in total. The number of allylic oxidation sites excluding steroid dienone is 1. The van der Waals surface area contributed by atoms with Gasteiger partial charge in [0.1, 0.15) is 18.0 Å². The first-order valence-electron chi connectivity index (χ1n) is 14.2. The molecular formula is C30H50O7. The number of fused-ring (bicyclic) bond motifs is 5. The molecule has 212 valence electrons. The zero-order valence-corrected chi connectivity index (χ0v) is 24.0. The lowest BCUT2D eigenvalue weighted by Gasteiger charge is -2.70. The molecule has 7 heteroatoms. The highest BCUT2D eigenvalue weighted by Crippen LogP contribution is 2.74. The number of aliphatic hydroxyl groups is 6. The molecule has 0 aromatic heterocycles. The molecule has 4 rings (SSSR count). The maximum absolute atomic E-state index is 12.9. The Morgan fingerprint density at radius 1 is 1.00 bits per heavy atom. The molecule has 0 saturated heterocycles. The SMILES string of the molecule is C[C@H](C[C@H](O)[C@@H](O)C(C)(C)O)C1=C2[C@@H](O)[C@H](O)[C@H]3[C@@]4(C)CCC(=O)C(C)(C)[C@@H]4C[C@@H](O)[C@]3(C)[C@@]2(C)CC1. The van der Waals surface area contributed by atoms with Gasteiger partial charge in [-0.15, -0.1) is 0 Å². The molecule has 0 bridgehead atoms. The monoisotopic (exact) mass is 522 g/mol. The lowest BCUT2D eigenvalue weighted by atomic mass is 9.34. The van der Waals surface area contributed by atoms with Gasteiger partial charge in [-0.1, -0.05) is 47.1 Å². The van der Waals surface area contributed by atoms with Gasteiger partial charge in [-0.2, -0.15) is 0 Å². The van der Waals surface area contributed by atoms with Gasteiger partial charge < -0.3 is 30.6 Å². The van der Waals surface area contributed by atoms with E-state index in [1.54, 1.807) is 0 Å². The predicted molar refractivity (Wildman–Crippen MR) is 140 cm³/mol. The van der Waals surface area contributed by atoms with Crippen molar-refractivity contribution in [2.45, 2.75) is 130 Å². The van der Waals surface area contributed by atoms with Crippen molar-refractivity contribution in [2.24, 2.45) is 39.4 Å². The van der Waals surface area contributed by atoms with E-state index in [4.69, 9.17) is 0 Å². The lowest BCUT2D eigenvalue weighted by Crippen LogP contribution is -2.72. The van der Waals surface area contributed by atoms with E-state index in [0.29, 0.717) is 32.1 Å². The van der Waals surface area contributed by atoms with Crippen molar-refractivity contribution in [1.29, 1.82) is 0 Å². The highest BCUT2D eigenvalue weighted by Gasteiger charge is 2.73. The Kier molecular flexibility index (Phi) is 6.96. The van der Waals surface area contributed by atoms with Gasteiger partial charge in [0.15, 0.2) is 0 Å². The summed E-state index contributed by atoms with van der Waals surface area (Å²) in [6, 6.07) is 0. The van der Waals surface area contributed by atoms with Crippen LogP contribution in [0, 0.1) is 39.4 Å². The van der Waals surface area contributed by atoms with Crippen molar-refractivity contribution in [3.8, 4) is 0 Å². The molecule has 3 saturated carbocycles. The highest BCUT2D eigenvalue weighted by molar-refractivity contribution is 5.85. The first-order valence-corrected chi connectivity index (χ1v) is 14.2.